The number of methoxy groups -OCH3 is 1. The number of nitrogens with two attached hydrogens (primary N) is 1. The molecule has 0 aliphatic heterocycles. The molecule has 0 aromatic heterocycles. The fourth-order valence-electron chi connectivity index (χ4n) is 1.88. The summed E-state index contributed by atoms with van der Waals surface area (Å²) < 4.78 is 11.1. The Bertz CT molecular complexity index is 382. The molecule has 0 fully saturated rings. The van der Waals surface area contributed by atoms with E-state index in [2.05, 4.69) is 5.16 Å². The van der Waals surface area contributed by atoms with Gasteiger partial charge in [0.1, 0.15) is 6.10 Å². The summed E-state index contributed by atoms with van der Waals surface area (Å²) in [5, 5.41) is 11.9. The van der Waals surface area contributed by atoms with Gasteiger partial charge >= 0.3 is 0 Å². The molecule has 1 rings (SSSR count). The van der Waals surface area contributed by atoms with Crippen LogP contribution in [0.25, 0.3) is 0 Å². The quantitative estimate of drug-likeness (QED) is 0.327. The summed E-state index contributed by atoms with van der Waals surface area (Å²) in [4.78, 5) is 0. The lowest BCUT2D eigenvalue weighted by Crippen LogP contribution is -2.42. The molecular formula is C14H22N2O3. The minimum atomic E-state index is -0.546. The van der Waals surface area contributed by atoms with Crippen molar-refractivity contribution in [2.75, 3.05) is 7.11 Å². The molecular weight excluding hydrogens is 244 g/mol. The first-order chi connectivity index (χ1) is 9.22. The number of nitrogens with zero attached hydrogens (tertiary/aromatic N) is 1. The lowest BCUT2D eigenvalue weighted by atomic mass is 10.1. The fourth-order valence-corrected chi connectivity index (χ4v) is 1.88. The lowest BCUT2D eigenvalue weighted by molar-refractivity contribution is -0.0346. The Balaban J connectivity index is 2.69. The first kappa shape index (κ1) is 15.5. The molecule has 0 bridgehead atoms. The molecule has 5 nitrogen and oxygen atoms in total. The van der Waals surface area contributed by atoms with Crippen LogP contribution in [0, 0.1) is 0 Å². The molecule has 0 heterocycles. The number of ether oxygens (including phenoxy) is 2. The number of benzene rings is 1. The van der Waals surface area contributed by atoms with Gasteiger partial charge in [-0.15, -0.1) is 0 Å². The van der Waals surface area contributed by atoms with E-state index in [0.29, 0.717) is 6.61 Å². The summed E-state index contributed by atoms with van der Waals surface area (Å²) in [5.41, 5.74) is 6.72. The van der Waals surface area contributed by atoms with Crippen LogP contribution in [0.1, 0.15) is 25.3 Å². The van der Waals surface area contributed by atoms with Gasteiger partial charge in [-0.25, -0.2) is 0 Å². The van der Waals surface area contributed by atoms with Gasteiger partial charge in [0.2, 0.25) is 0 Å². The smallest absolute Gasteiger partial charge is 0.171 e. The minimum Gasteiger partial charge on any atom is -0.409 e. The van der Waals surface area contributed by atoms with E-state index in [4.69, 9.17) is 20.4 Å². The van der Waals surface area contributed by atoms with E-state index in [1.54, 1.807) is 7.11 Å². The second-order valence-corrected chi connectivity index (χ2v) is 4.30. The molecule has 0 aliphatic rings. The molecule has 3 N–H and O–H groups in total. The first-order valence-corrected chi connectivity index (χ1v) is 6.38. The SMILES string of the molecule is CCC[C@H](OC)C(OCc1ccccc1)C(N)=NO. The van der Waals surface area contributed by atoms with E-state index < -0.39 is 6.10 Å². The average molecular weight is 266 g/mol. The molecule has 0 radical (unpaired) electrons. The van der Waals surface area contributed by atoms with Crippen LogP contribution in [-0.2, 0) is 16.1 Å². The second-order valence-electron chi connectivity index (χ2n) is 4.30. The standard InChI is InChI=1S/C14H22N2O3/c1-3-7-12(18-2)13(14(15)16-17)19-10-11-8-5-4-6-9-11/h4-6,8-9,12-13,17H,3,7,10H2,1-2H3,(H2,15,16)/t12-,13?/m0/s1. The topological polar surface area (TPSA) is 77.1 Å². The molecule has 1 aromatic carbocycles. The molecule has 0 spiro atoms. The van der Waals surface area contributed by atoms with Crippen molar-refractivity contribution in [2.45, 2.75) is 38.6 Å². The van der Waals surface area contributed by atoms with Crippen molar-refractivity contribution in [3.8, 4) is 0 Å². The highest BCUT2D eigenvalue weighted by Crippen LogP contribution is 2.13. The van der Waals surface area contributed by atoms with E-state index >= 15 is 0 Å². The van der Waals surface area contributed by atoms with Gasteiger partial charge < -0.3 is 20.4 Å². The van der Waals surface area contributed by atoms with Crippen LogP contribution in [0.5, 0.6) is 0 Å². The van der Waals surface area contributed by atoms with Crippen molar-refractivity contribution in [1.29, 1.82) is 0 Å². The monoisotopic (exact) mass is 266 g/mol. The Morgan fingerprint density at radius 1 is 1.37 bits per heavy atom. The third-order valence-corrected chi connectivity index (χ3v) is 2.89. The number of oxime groups is 1. The van der Waals surface area contributed by atoms with E-state index in [1.165, 1.54) is 0 Å². The summed E-state index contributed by atoms with van der Waals surface area (Å²) in [7, 11) is 1.60. The van der Waals surface area contributed by atoms with Gasteiger partial charge in [-0.05, 0) is 12.0 Å². The molecule has 5 heteroatoms. The van der Waals surface area contributed by atoms with E-state index in [0.717, 1.165) is 18.4 Å². The third kappa shape index (κ3) is 4.89. The van der Waals surface area contributed by atoms with Crippen LogP contribution < -0.4 is 5.73 Å². The van der Waals surface area contributed by atoms with Gasteiger partial charge in [-0.1, -0.05) is 48.8 Å². The maximum Gasteiger partial charge on any atom is 0.171 e. The Kier molecular flexibility index (Phi) is 6.92. The van der Waals surface area contributed by atoms with Crippen molar-refractivity contribution in [3.05, 3.63) is 35.9 Å². The zero-order valence-corrected chi connectivity index (χ0v) is 11.5. The third-order valence-electron chi connectivity index (χ3n) is 2.89. The first-order valence-electron chi connectivity index (χ1n) is 6.38. The summed E-state index contributed by atoms with van der Waals surface area (Å²) in [5.74, 6) is 0.0382. The van der Waals surface area contributed by atoms with Crippen LogP contribution >= 0.6 is 0 Å². The van der Waals surface area contributed by atoms with Gasteiger partial charge in [0.15, 0.2) is 5.84 Å². The number of hydrogen-bond donors (Lipinski definition) is 2. The normalized spacial score (nSPS) is 15.2. The molecule has 19 heavy (non-hydrogen) atoms. The van der Waals surface area contributed by atoms with Gasteiger partial charge in [-0.2, -0.15) is 0 Å². The van der Waals surface area contributed by atoms with E-state index in [1.807, 2.05) is 37.3 Å². The predicted octanol–water partition coefficient (Wildman–Crippen LogP) is 2.13. The van der Waals surface area contributed by atoms with Crippen molar-refractivity contribution >= 4 is 5.84 Å². The summed E-state index contributed by atoms with van der Waals surface area (Å²) in [6.45, 7) is 2.44. The van der Waals surface area contributed by atoms with Crippen molar-refractivity contribution < 1.29 is 14.7 Å². The van der Waals surface area contributed by atoms with Gasteiger partial charge in [0.05, 0.1) is 12.7 Å². The van der Waals surface area contributed by atoms with Crippen LogP contribution in [0.3, 0.4) is 0 Å². The minimum absolute atomic E-state index is 0.0382. The van der Waals surface area contributed by atoms with Crippen molar-refractivity contribution in [2.24, 2.45) is 10.9 Å². The molecule has 0 aliphatic carbocycles. The summed E-state index contributed by atoms with van der Waals surface area (Å²) in [6, 6.07) is 9.75. The van der Waals surface area contributed by atoms with Gasteiger partial charge in [-0.3, -0.25) is 0 Å². The predicted molar refractivity (Wildman–Crippen MR) is 74.1 cm³/mol. The fraction of sp³-hybridized carbons (Fsp3) is 0.500. The summed E-state index contributed by atoms with van der Waals surface area (Å²) in [6.07, 6.45) is 0.953. The van der Waals surface area contributed by atoms with Crippen LogP contribution in [0.15, 0.2) is 35.5 Å². The maximum atomic E-state index is 8.84. The van der Waals surface area contributed by atoms with E-state index in [-0.39, 0.29) is 11.9 Å². The van der Waals surface area contributed by atoms with Crippen LogP contribution in [0.2, 0.25) is 0 Å². The Morgan fingerprint density at radius 3 is 2.58 bits per heavy atom. The number of rotatable bonds is 8. The highest BCUT2D eigenvalue weighted by molar-refractivity contribution is 5.84. The molecule has 0 saturated heterocycles. The lowest BCUT2D eigenvalue weighted by Gasteiger charge is -2.25. The molecule has 0 saturated carbocycles. The van der Waals surface area contributed by atoms with Gasteiger partial charge in [0.25, 0.3) is 0 Å². The second kappa shape index (κ2) is 8.50. The van der Waals surface area contributed by atoms with E-state index in [9.17, 15) is 0 Å². The maximum absolute atomic E-state index is 8.84. The molecule has 1 aromatic rings. The molecule has 2 atom stereocenters. The Labute approximate surface area is 114 Å². The average Bonchev–Trinajstić information content (AvgIpc) is 2.46. The Hall–Kier alpha value is -1.59. The van der Waals surface area contributed by atoms with Crippen molar-refractivity contribution in [3.63, 3.8) is 0 Å². The van der Waals surface area contributed by atoms with Crippen LogP contribution in [0.4, 0.5) is 0 Å². The Morgan fingerprint density at radius 2 is 2.05 bits per heavy atom. The van der Waals surface area contributed by atoms with Crippen molar-refractivity contribution in [1.82, 2.24) is 0 Å². The highest BCUT2D eigenvalue weighted by atomic mass is 16.5. The molecule has 1 unspecified atom stereocenters. The zero-order chi connectivity index (χ0) is 14.1. The zero-order valence-electron chi connectivity index (χ0n) is 11.5. The number of amidine groups is 1. The van der Waals surface area contributed by atoms with Gasteiger partial charge in [0, 0.05) is 7.11 Å². The number of hydrogen-bond acceptors (Lipinski definition) is 4. The van der Waals surface area contributed by atoms with Crippen LogP contribution in [-0.4, -0.2) is 30.4 Å². The molecule has 106 valence electrons. The molecule has 0 amide bonds. The summed E-state index contributed by atoms with van der Waals surface area (Å²) >= 11 is 0. The largest absolute Gasteiger partial charge is 0.409 e. The highest BCUT2D eigenvalue weighted by Gasteiger charge is 2.25.